The van der Waals surface area contributed by atoms with E-state index in [0.29, 0.717) is 10.7 Å². The van der Waals surface area contributed by atoms with Crippen LogP contribution >= 0.6 is 11.6 Å². The smallest absolute Gasteiger partial charge is 0.118 e. The molecule has 1 heterocycles. The van der Waals surface area contributed by atoms with Crippen LogP contribution in [0, 0.1) is 0 Å². The second-order valence-electron chi connectivity index (χ2n) is 4.49. The van der Waals surface area contributed by atoms with Gasteiger partial charge in [-0.25, -0.2) is 4.98 Å². The zero-order chi connectivity index (χ0) is 14.1. The summed E-state index contributed by atoms with van der Waals surface area (Å²) in [6.07, 6.45) is 0. The van der Waals surface area contributed by atoms with Gasteiger partial charge >= 0.3 is 0 Å². The molecule has 0 bridgehead atoms. The Morgan fingerprint density at radius 2 is 1.80 bits per heavy atom. The standard InChI is InChI=1S/C16H13ClN2O/c1-20-12-5-2-10(3-6-12)15-9-14(18)13-7-4-11(17)8-16(13)19-15/h2-9H,1H3,(H2,18,19). The highest BCUT2D eigenvalue weighted by Crippen LogP contribution is 2.28. The van der Waals surface area contributed by atoms with Gasteiger partial charge in [0, 0.05) is 21.7 Å². The lowest BCUT2D eigenvalue weighted by Gasteiger charge is -2.07. The van der Waals surface area contributed by atoms with Gasteiger partial charge in [0.15, 0.2) is 0 Å². The topological polar surface area (TPSA) is 48.1 Å². The van der Waals surface area contributed by atoms with Crippen molar-refractivity contribution in [3.63, 3.8) is 0 Å². The number of ether oxygens (including phenoxy) is 1. The lowest BCUT2D eigenvalue weighted by atomic mass is 10.1. The number of anilines is 1. The fourth-order valence-corrected chi connectivity index (χ4v) is 2.30. The van der Waals surface area contributed by atoms with Gasteiger partial charge in [0.1, 0.15) is 5.75 Å². The van der Waals surface area contributed by atoms with Gasteiger partial charge in [0.2, 0.25) is 0 Å². The van der Waals surface area contributed by atoms with Crippen LogP contribution in [0.4, 0.5) is 5.69 Å². The minimum Gasteiger partial charge on any atom is -0.497 e. The number of fused-ring (bicyclic) bond motifs is 1. The number of hydrogen-bond donors (Lipinski definition) is 1. The molecule has 2 aromatic carbocycles. The molecule has 20 heavy (non-hydrogen) atoms. The zero-order valence-electron chi connectivity index (χ0n) is 10.9. The monoisotopic (exact) mass is 284 g/mol. The fourth-order valence-electron chi connectivity index (χ4n) is 2.14. The highest BCUT2D eigenvalue weighted by molar-refractivity contribution is 6.31. The predicted molar refractivity (Wildman–Crippen MR) is 83.2 cm³/mol. The Morgan fingerprint density at radius 3 is 2.50 bits per heavy atom. The fraction of sp³-hybridized carbons (Fsp3) is 0.0625. The predicted octanol–water partition coefficient (Wildman–Crippen LogP) is 4.15. The molecule has 2 N–H and O–H groups in total. The molecule has 1 aromatic heterocycles. The summed E-state index contributed by atoms with van der Waals surface area (Å²) in [6, 6.07) is 15.1. The number of nitrogens with two attached hydrogens (primary N) is 1. The van der Waals surface area contributed by atoms with Crippen LogP contribution in [-0.4, -0.2) is 12.1 Å². The average molecular weight is 285 g/mol. The molecule has 0 aliphatic rings. The molecule has 3 nitrogen and oxygen atoms in total. The molecule has 0 saturated heterocycles. The highest BCUT2D eigenvalue weighted by atomic mass is 35.5. The Hall–Kier alpha value is -2.26. The number of aromatic nitrogens is 1. The third kappa shape index (κ3) is 2.28. The summed E-state index contributed by atoms with van der Waals surface area (Å²) in [5.74, 6) is 0.811. The van der Waals surface area contributed by atoms with Crippen LogP contribution in [0.2, 0.25) is 5.02 Å². The molecule has 3 rings (SSSR count). The first-order chi connectivity index (χ1) is 9.67. The second-order valence-corrected chi connectivity index (χ2v) is 4.92. The molecular weight excluding hydrogens is 272 g/mol. The minimum atomic E-state index is 0.649. The molecule has 0 atom stereocenters. The van der Waals surface area contributed by atoms with Gasteiger partial charge in [0.25, 0.3) is 0 Å². The molecule has 0 radical (unpaired) electrons. The number of benzene rings is 2. The molecule has 0 fully saturated rings. The van der Waals surface area contributed by atoms with E-state index in [-0.39, 0.29) is 0 Å². The first-order valence-electron chi connectivity index (χ1n) is 6.17. The second kappa shape index (κ2) is 5.02. The first kappa shape index (κ1) is 12.8. The number of hydrogen-bond acceptors (Lipinski definition) is 3. The number of pyridine rings is 1. The van der Waals surface area contributed by atoms with Crippen molar-refractivity contribution in [3.05, 3.63) is 53.6 Å². The summed E-state index contributed by atoms with van der Waals surface area (Å²) in [7, 11) is 1.64. The summed E-state index contributed by atoms with van der Waals surface area (Å²) in [6.45, 7) is 0. The molecule has 3 aromatic rings. The van der Waals surface area contributed by atoms with E-state index in [0.717, 1.165) is 27.9 Å². The molecule has 0 saturated carbocycles. The van der Waals surface area contributed by atoms with Crippen molar-refractivity contribution >= 4 is 28.2 Å². The summed E-state index contributed by atoms with van der Waals surface area (Å²) in [5.41, 5.74) is 9.38. The van der Waals surface area contributed by atoms with Crippen LogP contribution in [0.1, 0.15) is 0 Å². The average Bonchev–Trinajstić information content (AvgIpc) is 2.46. The van der Waals surface area contributed by atoms with Crippen LogP contribution in [0.25, 0.3) is 22.2 Å². The number of methoxy groups -OCH3 is 1. The van der Waals surface area contributed by atoms with Crippen molar-refractivity contribution in [2.45, 2.75) is 0 Å². The molecule has 0 amide bonds. The highest BCUT2D eigenvalue weighted by Gasteiger charge is 2.06. The largest absolute Gasteiger partial charge is 0.497 e. The van der Waals surface area contributed by atoms with Crippen LogP contribution in [0.15, 0.2) is 48.5 Å². The Morgan fingerprint density at radius 1 is 1.05 bits per heavy atom. The maximum absolute atomic E-state index is 6.09. The number of rotatable bonds is 2. The van der Waals surface area contributed by atoms with E-state index in [1.54, 1.807) is 7.11 Å². The minimum absolute atomic E-state index is 0.649. The molecular formula is C16H13ClN2O. The molecule has 4 heteroatoms. The number of nitrogens with zero attached hydrogens (tertiary/aromatic N) is 1. The molecule has 0 unspecified atom stereocenters. The Labute approximate surface area is 122 Å². The van der Waals surface area contributed by atoms with Gasteiger partial charge < -0.3 is 10.5 Å². The summed E-state index contributed by atoms with van der Waals surface area (Å²) < 4.78 is 5.15. The van der Waals surface area contributed by atoms with Crippen LogP contribution < -0.4 is 10.5 Å². The lowest BCUT2D eigenvalue weighted by Crippen LogP contribution is -1.93. The maximum Gasteiger partial charge on any atom is 0.118 e. The van der Waals surface area contributed by atoms with Gasteiger partial charge in [-0.1, -0.05) is 11.6 Å². The summed E-state index contributed by atoms with van der Waals surface area (Å²) >= 11 is 6.01. The Kier molecular flexibility index (Phi) is 3.20. The molecule has 0 spiro atoms. The van der Waals surface area contributed by atoms with E-state index in [1.807, 2.05) is 48.5 Å². The third-order valence-corrected chi connectivity index (χ3v) is 3.42. The maximum atomic E-state index is 6.09. The van der Waals surface area contributed by atoms with Crippen LogP contribution in [0.3, 0.4) is 0 Å². The van der Waals surface area contributed by atoms with E-state index >= 15 is 0 Å². The lowest BCUT2D eigenvalue weighted by molar-refractivity contribution is 0.415. The van der Waals surface area contributed by atoms with Crippen molar-refractivity contribution < 1.29 is 4.74 Å². The SMILES string of the molecule is COc1ccc(-c2cc(N)c3ccc(Cl)cc3n2)cc1. The van der Waals surface area contributed by atoms with Crippen LogP contribution in [0.5, 0.6) is 5.75 Å². The van der Waals surface area contributed by atoms with Crippen molar-refractivity contribution in [2.24, 2.45) is 0 Å². The number of nitrogen functional groups attached to an aromatic ring is 1. The number of halogens is 1. The molecule has 0 aliphatic carbocycles. The molecule has 0 aliphatic heterocycles. The third-order valence-electron chi connectivity index (χ3n) is 3.19. The van der Waals surface area contributed by atoms with Crippen LogP contribution in [-0.2, 0) is 0 Å². The van der Waals surface area contributed by atoms with Crippen molar-refractivity contribution in [1.29, 1.82) is 0 Å². The van der Waals surface area contributed by atoms with E-state index in [2.05, 4.69) is 4.98 Å². The van der Waals surface area contributed by atoms with Gasteiger partial charge in [-0.2, -0.15) is 0 Å². The van der Waals surface area contributed by atoms with E-state index in [1.165, 1.54) is 0 Å². The summed E-state index contributed by atoms with van der Waals surface area (Å²) in [5, 5.41) is 1.56. The van der Waals surface area contributed by atoms with E-state index in [9.17, 15) is 0 Å². The van der Waals surface area contributed by atoms with Gasteiger partial charge in [-0.05, 0) is 48.5 Å². The van der Waals surface area contributed by atoms with E-state index in [4.69, 9.17) is 22.1 Å². The quantitative estimate of drug-likeness (QED) is 0.769. The first-order valence-corrected chi connectivity index (χ1v) is 6.55. The Balaban J connectivity index is 2.15. The van der Waals surface area contributed by atoms with Crippen molar-refractivity contribution in [2.75, 3.05) is 12.8 Å². The van der Waals surface area contributed by atoms with Crippen molar-refractivity contribution in [1.82, 2.24) is 4.98 Å². The van der Waals surface area contributed by atoms with Crippen molar-refractivity contribution in [3.8, 4) is 17.0 Å². The Bertz CT molecular complexity index is 769. The normalized spacial score (nSPS) is 10.7. The summed E-state index contributed by atoms with van der Waals surface area (Å²) in [4.78, 5) is 4.62. The van der Waals surface area contributed by atoms with E-state index < -0.39 is 0 Å². The van der Waals surface area contributed by atoms with Gasteiger partial charge in [-0.3, -0.25) is 0 Å². The zero-order valence-corrected chi connectivity index (χ0v) is 11.7. The van der Waals surface area contributed by atoms with Gasteiger partial charge in [-0.15, -0.1) is 0 Å². The molecule has 100 valence electrons. The van der Waals surface area contributed by atoms with Gasteiger partial charge in [0.05, 0.1) is 18.3 Å².